The van der Waals surface area contributed by atoms with Crippen LogP contribution < -0.4 is 10.2 Å². The number of urea groups is 1. The molecule has 0 unspecified atom stereocenters. The van der Waals surface area contributed by atoms with Crippen molar-refractivity contribution in [1.29, 1.82) is 0 Å². The van der Waals surface area contributed by atoms with Gasteiger partial charge in [0.05, 0.1) is 18.5 Å². The quantitative estimate of drug-likeness (QED) is 0.855. The highest BCUT2D eigenvalue weighted by molar-refractivity contribution is 5.92. The highest BCUT2D eigenvalue weighted by Gasteiger charge is 2.20. The maximum Gasteiger partial charge on any atom is 0.345 e. The number of nitrogens with zero attached hydrogens (tertiary/aromatic N) is 3. The largest absolute Gasteiger partial charge is 0.368 e. The summed E-state index contributed by atoms with van der Waals surface area (Å²) < 4.78 is 13.6. The lowest BCUT2D eigenvalue weighted by Gasteiger charge is -2.26. The van der Waals surface area contributed by atoms with Crippen molar-refractivity contribution in [3.63, 3.8) is 0 Å². The van der Waals surface area contributed by atoms with Crippen molar-refractivity contribution in [3.05, 3.63) is 24.0 Å². The predicted octanol–water partition coefficient (Wildman–Crippen LogP) is 1.91. The van der Waals surface area contributed by atoms with E-state index in [4.69, 9.17) is 4.84 Å². The van der Waals surface area contributed by atoms with Crippen LogP contribution in [0.2, 0.25) is 0 Å². The molecule has 7 nitrogen and oxygen atoms in total. The lowest BCUT2D eigenvalue weighted by Crippen LogP contribution is -2.34. The molecule has 2 rings (SSSR count). The molecule has 1 aliphatic rings. The van der Waals surface area contributed by atoms with Gasteiger partial charge in [-0.3, -0.25) is 9.63 Å². The Kier molecular flexibility index (Phi) is 5.97. The van der Waals surface area contributed by atoms with Gasteiger partial charge in [0.15, 0.2) is 0 Å². The zero-order chi connectivity index (χ0) is 17.7. The topological polar surface area (TPSA) is 65.1 Å². The number of hydrogen-bond donors (Lipinski definition) is 1. The summed E-state index contributed by atoms with van der Waals surface area (Å²) in [4.78, 5) is 32.2. The third kappa shape index (κ3) is 4.35. The minimum absolute atomic E-state index is 0.0474. The molecule has 3 amide bonds. The van der Waals surface area contributed by atoms with Gasteiger partial charge < -0.3 is 15.1 Å². The summed E-state index contributed by atoms with van der Waals surface area (Å²) in [6.45, 7) is 4.19. The minimum Gasteiger partial charge on any atom is -0.368 e. The highest BCUT2D eigenvalue weighted by Crippen LogP contribution is 2.28. The molecular formula is C16H23FN4O3. The van der Waals surface area contributed by atoms with E-state index in [-0.39, 0.29) is 5.91 Å². The highest BCUT2D eigenvalue weighted by atomic mass is 19.1. The maximum atomic E-state index is 13.6. The van der Waals surface area contributed by atoms with Crippen molar-refractivity contribution in [3.8, 4) is 0 Å². The fraction of sp³-hybridized carbons (Fsp3) is 0.500. The lowest BCUT2D eigenvalue weighted by molar-refractivity contribution is -0.128. The lowest BCUT2D eigenvalue weighted by atomic mass is 10.2. The molecule has 132 valence electrons. The van der Waals surface area contributed by atoms with E-state index < -0.39 is 11.8 Å². The second-order valence-electron chi connectivity index (χ2n) is 5.62. The summed E-state index contributed by atoms with van der Waals surface area (Å²) in [5, 5.41) is 3.68. The average molecular weight is 338 g/mol. The fourth-order valence-corrected chi connectivity index (χ4v) is 2.63. The number of anilines is 2. The number of carbonyl (C=O) groups excluding carboxylic acids is 2. The van der Waals surface area contributed by atoms with Gasteiger partial charge in [-0.2, -0.15) is 0 Å². The van der Waals surface area contributed by atoms with E-state index in [9.17, 15) is 14.0 Å². The predicted molar refractivity (Wildman–Crippen MR) is 89.3 cm³/mol. The summed E-state index contributed by atoms with van der Waals surface area (Å²) in [5.41, 5.74) is 1.10. The molecule has 1 fully saturated rings. The number of hydrogen-bond acceptors (Lipinski definition) is 4. The first-order chi connectivity index (χ1) is 11.4. The normalized spacial score (nSPS) is 15.0. The molecule has 0 bridgehead atoms. The van der Waals surface area contributed by atoms with Crippen molar-refractivity contribution in [2.24, 2.45) is 0 Å². The second-order valence-corrected chi connectivity index (χ2v) is 5.62. The monoisotopic (exact) mass is 338 g/mol. The van der Waals surface area contributed by atoms with E-state index in [0.29, 0.717) is 25.3 Å². The Hall–Kier alpha value is -2.35. The van der Waals surface area contributed by atoms with Gasteiger partial charge in [-0.05, 0) is 24.6 Å². The molecule has 0 saturated carbocycles. The molecule has 1 aromatic rings. The Balaban J connectivity index is 2.20. The Morgan fingerprint density at radius 1 is 1.25 bits per heavy atom. The van der Waals surface area contributed by atoms with Gasteiger partial charge in [-0.25, -0.2) is 14.2 Å². The van der Waals surface area contributed by atoms with Crippen molar-refractivity contribution >= 4 is 23.3 Å². The van der Waals surface area contributed by atoms with Crippen molar-refractivity contribution < 1.29 is 18.8 Å². The van der Waals surface area contributed by atoms with Crippen molar-refractivity contribution in [1.82, 2.24) is 9.96 Å². The van der Waals surface area contributed by atoms with Crippen molar-refractivity contribution in [2.45, 2.75) is 13.3 Å². The third-order valence-corrected chi connectivity index (χ3v) is 4.04. The van der Waals surface area contributed by atoms with Crippen LogP contribution in [-0.4, -0.2) is 62.2 Å². The Morgan fingerprint density at radius 2 is 2.00 bits per heavy atom. The number of amides is 3. The van der Waals surface area contributed by atoms with Gasteiger partial charge in [0, 0.05) is 40.2 Å². The van der Waals surface area contributed by atoms with Gasteiger partial charge in [0.1, 0.15) is 5.82 Å². The third-order valence-electron chi connectivity index (χ3n) is 4.04. The first kappa shape index (κ1) is 18.0. The molecule has 1 saturated heterocycles. The summed E-state index contributed by atoms with van der Waals surface area (Å²) in [6.07, 6.45) is 0.808. The minimum atomic E-state index is -0.496. The number of nitrogens with one attached hydrogen (secondary N) is 1. The molecule has 1 aliphatic heterocycles. The van der Waals surface area contributed by atoms with E-state index in [1.807, 2.05) is 4.90 Å². The Bertz CT molecular complexity index is 611. The SMILES string of the molecule is CON(C)C(=O)Nc1cc(F)ccc1N1CCCN(C(C)=O)CC1. The average Bonchev–Trinajstić information content (AvgIpc) is 2.80. The number of benzene rings is 1. The molecule has 1 heterocycles. The molecule has 8 heteroatoms. The first-order valence-electron chi connectivity index (χ1n) is 7.81. The summed E-state index contributed by atoms with van der Waals surface area (Å²) in [5.74, 6) is -0.388. The number of rotatable bonds is 3. The smallest absolute Gasteiger partial charge is 0.345 e. The summed E-state index contributed by atoms with van der Waals surface area (Å²) in [6, 6.07) is 3.79. The van der Waals surface area contributed by atoms with E-state index in [1.54, 1.807) is 17.9 Å². The molecule has 0 spiro atoms. The number of carbonyl (C=O) groups is 2. The van der Waals surface area contributed by atoms with Crippen LogP contribution >= 0.6 is 0 Å². The zero-order valence-electron chi connectivity index (χ0n) is 14.2. The zero-order valence-corrected chi connectivity index (χ0v) is 14.2. The molecule has 0 aliphatic carbocycles. The standard InChI is InChI=1S/C16H23FN4O3/c1-12(22)20-7-4-8-21(10-9-20)15-6-5-13(17)11-14(15)18-16(23)19(2)24-3/h5-6,11H,4,7-10H2,1-3H3,(H,18,23). The van der Waals surface area contributed by atoms with Crippen LogP contribution in [0.4, 0.5) is 20.6 Å². The van der Waals surface area contributed by atoms with Crippen LogP contribution in [0.1, 0.15) is 13.3 Å². The number of hydroxylamine groups is 2. The van der Waals surface area contributed by atoms with Gasteiger partial charge in [-0.15, -0.1) is 0 Å². The summed E-state index contributed by atoms with van der Waals surface area (Å²) >= 11 is 0. The van der Waals surface area contributed by atoms with E-state index in [0.717, 1.165) is 23.7 Å². The van der Waals surface area contributed by atoms with Gasteiger partial charge in [0.25, 0.3) is 0 Å². The maximum absolute atomic E-state index is 13.6. The molecule has 0 aromatic heterocycles. The van der Waals surface area contributed by atoms with E-state index >= 15 is 0 Å². The van der Waals surface area contributed by atoms with Crippen LogP contribution in [0.25, 0.3) is 0 Å². The second kappa shape index (κ2) is 7.96. The van der Waals surface area contributed by atoms with Crippen LogP contribution in [0.5, 0.6) is 0 Å². The van der Waals surface area contributed by atoms with Crippen LogP contribution in [0.15, 0.2) is 18.2 Å². The van der Waals surface area contributed by atoms with Crippen molar-refractivity contribution in [2.75, 3.05) is 50.6 Å². The Labute approximate surface area is 140 Å². The Morgan fingerprint density at radius 3 is 2.67 bits per heavy atom. The molecular weight excluding hydrogens is 315 g/mol. The number of halogens is 1. The summed E-state index contributed by atoms with van der Waals surface area (Å²) in [7, 11) is 2.84. The van der Waals surface area contributed by atoms with E-state index in [1.165, 1.54) is 26.3 Å². The van der Waals surface area contributed by atoms with Crippen LogP contribution in [0.3, 0.4) is 0 Å². The molecule has 24 heavy (non-hydrogen) atoms. The van der Waals surface area contributed by atoms with E-state index in [2.05, 4.69) is 5.32 Å². The molecule has 1 aromatic carbocycles. The van der Waals surface area contributed by atoms with Crippen LogP contribution in [-0.2, 0) is 9.63 Å². The first-order valence-corrected chi connectivity index (χ1v) is 7.81. The van der Waals surface area contributed by atoms with Gasteiger partial charge in [0.2, 0.25) is 5.91 Å². The molecule has 1 N–H and O–H groups in total. The fourth-order valence-electron chi connectivity index (χ4n) is 2.63. The van der Waals surface area contributed by atoms with Gasteiger partial charge >= 0.3 is 6.03 Å². The molecule has 0 radical (unpaired) electrons. The van der Waals surface area contributed by atoms with Crippen LogP contribution in [0, 0.1) is 5.82 Å². The molecule has 0 atom stereocenters. The van der Waals surface area contributed by atoms with Gasteiger partial charge in [-0.1, -0.05) is 0 Å².